The van der Waals surface area contributed by atoms with Crippen molar-refractivity contribution in [3.05, 3.63) is 99.4 Å². The molecule has 1 aliphatic rings. The van der Waals surface area contributed by atoms with Crippen LogP contribution in [0.2, 0.25) is 0 Å². The van der Waals surface area contributed by atoms with Gasteiger partial charge in [0.2, 0.25) is 0 Å². The summed E-state index contributed by atoms with van der Waals surface area (Å²) in [5, 5.41) is 25.9. The molecule has 1 atom stereocenters. The highest BCUT2D eigenvalue weighted by atomic mass is 19.1. The van der Waals surface area contributed by atoms with Crippen LogP contribution in [-0.4, -0.2) is 72.1 Å². The molecule has 44 heavy (non-hydrogen) atoms. The minimum Gasteiger partial charge on any atom is -0.481 e. The van der Waals surface area contributed by atoms with E-state index in [4.69, 9.17) is 4.74 Å². The van der Waals surface area contributed by atoms with Crippen molar-refractivity contribution in [3.8, 4) is 0 Å². The quantitative estimate of drug-likeness (QED) is 0.238. The number of hydrogen-bond donors (Lipinski definition) is 3. The van der Waals surface area contributed by atoms with E-state index in [-0.39, 0.29) is 22.5 Å². The molecule has 1 heterocycles. The summed E-state index contributed by atoms with van der Waals surface area (Å²) >= 11 is 0. The Morgan fingerprint density at radius 1 is 0.955 bits per heavy atom. The standard InChI is InChI=1S/C30H30FN5O8/c1-44-30(41)35-14-2-13-34(15-16-35)26-12-7-21(17-25(26)33-28(39)20-5-10-23(11-6-20)36(42)43)29(40)32-24(18-27(37)38)19-3-8-22(31)9-4-19/h3-12,17,24H,2,13-16,18H2,1H3,(H,32,40)(H,33,39)(H,37,38). The third-order valence-electron chi connectivity index (χ3n) is 7.07. The number of nitrogens with one attached hydrogen (secondary N) is 2. The molecule has 3 N–H and O–H groups in total. The van der Waals surface area contributed by atoms with Gasteiger partial charge in [-0.2, -0.15) is 0 Å². The van der Waals surface area contributed by atoms with Gasteiger partial charge in [-0.15, -0.1) is 0 Å². The molecule has 13 nitrogen and oxygen atoms in total. The first-order valence-electron chi connectivity index (χ1n) is 13.6. The molecule has 0 aromatic heterocycles. The number of nitro benzene ring substituents is 1. The number of anilines is 2. The van der Waals surface area contributed by atoms with E-state index in [0.717, 1.165) is 0 Å². The van der Waals surface area contributed by atoms with Crippen LogP contribution in [0.15, 0.2) is 66.7 Å². The molecule has 3 aromatic carbocycles. The summed E-state index contributed by atoms with van der Waals surface area (Å²) in [7, 11) is 1.30. The van der Waals surface area contributed by atoms with Crippen molar-refractivity contribution in [1.29, 1.82) is 0 Å². The van der Waals surface area contributed by atoms with Gasteiger partial charge in [0.1, 0.15) is 5.82 Å². The van der Waals surface area contributed by atoms with Gasteiger partial charge < -0.3 is 30.3 Å². The molecule has 0 aliphatic carbocycles. The molecule has 14 heteroatoms. The van der Waals surface area contributed by atoms with Gasteiger partial charge in [0, 0.05) is 49.4 Å². The number of carbonyl (C=O) groups is 4. The molecular formula is C30H30FN5O8. The Hall–Kier alpha value is -5.53. The largest absolute Gasteiger partial charge is 0.481 e. The summed E-state index contributed by atoms with van der Waals surface area (Å²) in [4.78, 5) is 64.1. The number of carboxylic acids is 1. The number of ether oxygens (including phenoxy) is 1. The van der Waals surface area contributed by atoms with Crippen LogP contribution in [0.25, 0.3) is 0 Å². The maximum absolute atomic E-state index is 13.5. The first-order valence-corrected chi connectivity index (χ1v) is 13.6. The van der Waals surface area contributed by atoms with E-state index in [1.807, 2.05) is 4.90 Å². The van der Waals surface area contributed by atoms with E-state index in [1.54, 1.807) is 11.0 Å². The smallest absolute Gasteiger partial charge is 0.409 e. The number of amides is 3. The Morgan fingerprint density at radius 2 is 1.64 bits per heavy atom. The summed E-state index contributed by atoms with van der Waals surface area (Å²) in [5.41, 5.74) is 1.27. The molecule has 0 saturated carbocycles. The Bertz CT molecular complexity index is 1550. The predicted molar refractivity (Wildman–Crippen MR) is 157 cm³/mol. The van der Waals surface area contributed by atoms with E-state index in [0.29, 0.717) is 43.9 Å². The minimum atomic E-state index is -1.17. The van der Waals surface area contributed by atoms with Gasteiger partial charge in [-0.3, -0.25) is 24.5 Å². The maximum Gasteiger partial charge on any atom is 0.409 e. The number of non-ortho nitro benzene ring substituents is 1. The lowest BCUT2D eigenvalue weighted by Crippen LogP contribution is -2.35. The monoisotopic (exact) mass is 607 g/mol. The Balaban J connectivity index is 1.64. The Morgan fingerprint density at radius 3 is 2.27 bits per heavy atom. The molecule has 1 unspecified atom stereocenters. The third kappa shape index (κ3) is 7.85. The van der Waals surface area contributed by atoms with Gasteiger partial charge in [-0.1, -0.05) is 12.1 Å². The predicted octanol–water partition coefficient (Wildman–Crippen LogP) is 4.21. The van der Waals surface area contributed by atoms with Gasteiger partial charge in [0.25, 0.3) is 17.5 Å². The van der Waals surface area contributed by atoms with E-state index in [9.17, 15) is 38.8 Å². The Labute approximate surface area is 251 Å². The number of rotatable bonds is 9. The zero-order valence-corrected chi connectivity index (χ0v) is 23.7. The highest BCUT2D eigenvalue weighted by Gasteiger charge is 2.24. The van der Waals surface area contributed by atoms with Gasteiger partial charge >= 0.3 is 12.1 Å². The molecule has 0 bridgehead atoms. The van der Waals surface area contributed by atoms with Crippen LogP contribution in [0.4, 0.5) is 26.2 Å². The number of nitro groups is 1. The summed E-state index contributed by atoms with van der Waals surface area (Å²) in [6.45, 7) is 1.72. The zero-order chi connectivity index (χ0) is 31.8. The average molecular weight is 608 g/mol. The second-order valence-corrected chi connectivity index (χ2v) is 9.96. The number of hydrogen-bond acceptors (Lipinski definition) is 8. The van der Waals surface area contributed by atoms with Crippen molar-refractivity contribution in [3.63, 3.8) is 0 Å². The summed E-state index contributed by atoms with van der Waals surface area (Å²) < 4.78 is 18.3. The highest BCUT2D eigenvalue weighted by molar-refractivity contribution is 6.07. The molecule has 0 radical (unpaired) electrons. The molecular weight excluding hydrogens is 577 g/mol. The van der Waals surface area contributed by atoms with Crippen LogP contribution in [0.3, 0.4) is 0 Å². The lowest BCUT2D eigenvalue weighted by molar-refractivity contribution is -0.384. The number of carbonyl (C=O) groups excluding carboxylic acids is 3. The van der Waals surface area contributed by atoms with E-state index in [2.05, 4.69) is 10.6 Å². The molecule has 1 fully saturated rings. The van der Waals surface area contributed by atoms with Gasteiger partial charge in [-0.05, 0) is 54.4 Å². The van der Waals surface area contributed by atoms with Crippen molar-refractivity contribution < 1.29 is 38.3 Å². The van der Waals surface area contributed by atoms with Crippen molar-refractivity contribution in [2.75, 3.05) is 43.5 Å². The molecule has 230 valence electrons. The van der Waals surface area contributed by atoms with Crippen molar-refractivity contribution in [2.45, 2.75) is 18.9 Å². The van der Waals surface area contributed by atoms with Crippen molar-refractivity contribution in [2.24, 2.45) is 0 Å². The van der Waals surface area contributed by atoms with Crippen molar-refractivity contribution in [1.82, 2.24) is 10.2 Å². The van der Waals surface area contributed by atoms with Crippen LogP contribution in [0.1, 0.15) is 45.2 Å². The minimum absolute atomic E-state index is 0.108. The lowest BCUT2D eigenvalue weighted by atomic mass is 10.0. The number of carboxylic acid groups (broad SMARTS) is 1. The van der Waals surface area contributed by atoms with E-state index >= 15 is 0 Å². The molecule has 1 aliphatic heterocycles. The van der Waals surface area contributed by atoms with Gasteiger partial charge in [-0.25, -0.2) is 9.18 Å². The van der Waals surface area contributed by atoms with E-state index < -0.39 is 47.1 Å². The number of benzene rings is 3. The fraction of sp³-hybridized carbons (Fsp3) is 0.267. The number of aliphatic carboxylic acids is 1. The zero-order valence-electron chi connectivity index (χ0n) is 23.7. The number of nitrogens with zero attached hydrogens (tertiary/aromatic N) is 3. The third-order valence-corrected chi connectivity index (χ3v) is 7.07. The SMILES string of the molecule is COC(=O)N1CCCN(c2ccc(C(=O)NC(CC(=O)O)c3ccc(F)cc3)cc2NC(=O)c2ccc([N+](=O)[O-])cc2)CC1. The van der Waals surface area contributed by atoms with Crippen LogP contribution in [0, 0.1) is 15.9 Å². The topological polar surface area (TPSA) is 171 Å². The van der Waals surface area contributed by atoms with E-state index in [1.165, 1.54) is 67.8 Å². The van der Waals surface area contributed by atoms with Crippen LogP contribution in [-0.2, 0) is 9.53 Å². The first-order chi connectivity index (χ1) is 21.0. The van der Waals surface area contributed by atoms with Crippen LogP contribution in [0.5, 0.6) is 0 Å². The lowest BCUT2D eigenvalue weighted by Gasteiger charge is -2.26. The normalized spacial score (nSPS) is 13.8. The molecule has 0 spiro atoms. The van der Waals surface area contributed by atoms with Gasteiger partial charge in [0.05, 0.1) is 35.9 Å². The number of halogens is 1. The van der Waals surface area contributed by atoms with Crippen LogP contribution < -0.4 is 15.5 Å². The number of methoxy groups -OCH3 is 1. The molecule has 3 amide bonds. The second kappa shape index (κ2) is 14.1. The first kappa shape index (κ1) is 31.4. The Kier molecular flexibility index (Phi) is 10.1. The second-order valence-electron chi connectivity index (χ2n) is 9.96. The van der Waals surface area contributed by atoms with Crippen molar-refractivity contribution >= 4 is 40.9 Å². The molecule has 1 saturated heterocycles. The summed E-state index contributed by atoms with van der Waals surface area (Å²) in [5.74, 6) is -2.90. The fourth-order valence-corrected chi connectivity index (χ4v) is 4.82. The molecule has 3 aromatic rings. The highest BCUT2D eigenvalue weighted by Crippen LogP contribution is 2.30. The fourth-order valence-electron chi connectivity index (χ4n) is 4.82. The summed E-state index contributed by atoms with van der Waals surface area (Å²) in [6.07, 6.45) is -0.312. The maximum atomic E-state index is 13.5. The molecule has 4 rings (SSSR count). The summed E-state index contributed by atoms with van der Waals surface area (Å²) in [6, 6.07) is 13.8. The average Bonchev–Trinajstić information content (AvgIpc) is 3.27. The van der Waals surface area contributed by atoms with Gasteiger partial charge in [0.15, 0.2) is 0 Å². The van der Waals surface area contributed by atoms with Crippen LogP contribution >= 0.6 is 0 Å².